The van der Waals surface area contributed by atoms with E-state index in [2.05, 4.69) is 22.0 Å². The second-order valence-electron chi connectivity index (χ2n) is 4.14. The standard InChI is InChI=1S/C15H11BrN2O2/c1-9(19)11-7-10(18)5-6-15(11)20-14-4-2-3-13(16)12(14)8-17/h2-7H,18H2,1H3. The fourth-order valence-corrected chi connectivity index (χ4v) is 2.16. The monoisotopic (exact) mass is 330 g/mol. The van der Waals surface area contributed by atoms with Crippen molar-refractivity contribution in [2.45, 2.75) is 6.92 Å². The predicted octanol–water partition coefficient (Wildman–Crippen LogP) is 3.90. The van der Waals surface area contributed by atoms with E-state index in [9.17, 15) is 4.79 Å². The van der Waals surface area contributed by atoms with Gasteiger partial charge in [-0.1, -0.05) is 6.07 Å². The lowest BCUT2D eigenvalue weighted by atomic mass is 10.1. The fraction of sp³-hybridized carbons (Fsp3) is 0.0667. The van der Waals surface area contributed by atoms with E-state index in [4.69, 9.17) is 15.7 Å². The summed E-state index contributed by atoms with van der Waals surface area (Å²) < 4.78 is 6.34. The van der Waals surface area contributed by atoms with Crippen LogP contribution in [0.1, 0.15) is 22.8 Å². The van der Waals surface area contributed by atoms with Gasteiger partial charge < -0.3 is 10.5 Å². The smallest absolute Gasteiger partial charge is 0.163 e. The molecular weight excluding hydrogens is 320 g/mol. The molecule has 0 unspecified atom stereocenters. The van der Waals surface area contributed by atoms with Crippen LogP contribution in [0, 0.1) is 11.3 Å². The van der Waals surface area contributed by atoms with Crippen molar-refractivity contribution in [1.82, 2.24) is 0 Å². The van der Waals surface area contributed by atoms with Crippen LogP contribution in [0.2, 0.25) is 0 Å². The lowest BCUT2D eigenvalue weighted by Crippen LogP contribution is -2.00. The van der Waals surface area contributed by atoms with E-state index in [1.54, 1.807) is 36.4 Å². The first kappa shape index (κ1) is 14.1. The summed E-state index contributed by atoms with van der Waals surface area (Å²) in [6.07, 6.45) is 0. The maximum Gasteiger partial charge on any atom is 0.163 e. The number of nitrogen functional groups attached to an aromatic ring is 1. The first-order valence-corrected chi connectivity index (χ1v) is 6.59. The first-order valence-electron chi connectivity index (χ1n) is 5.80. The van der Waals surface area contributed by atoms with Gasteiger partial charge in [-0.15, -0.1) is 0 Å². The molecule has 0 aliphatic rings. The molecule has 0 heterocycles. The Morgan fingerprint density at radius 1 is 1.30 bits per heavy atom. The lowest BCUT2D eigenvalue weighted by Gasteiger charge is -2.11. The third-order valence-electron chi connectivity index (χ3n) is 2.69. The number of ether oxygens (including phenoxy) is 1. The predicted molar refractivity (Wildman–Crippen MR) is 79.8 cm³/mol. The van der Waals surface area contributed by atoms with Crippen LogP contribution in [0.15, 0.2) is 40.9 Å². The molecule has 0 radical (unpaired) electrons. The fourth-order valence-electron chi connectivity index (χ4n) is 1.73. The summed E-state index contributed by atoms with van der Waals surface area (Å²) in [5.41, 5.74) is 6.91. The highest BCUT2D eigenvalue weighted by Crippen LogP contribution is 2.32. The molecule has 0 fully saturated rings. The molecular formula is C15H11BrN2O2. The van der Waals surface area contributed by atoms with Crippen LogP contribution < -0.4 is 10.5 Å². The molecule has 0 bridgehead atoms. The molecule has 0 spiro atoms. The van der Waals surface area contributed by atoms with Crippen LogP contribution in [-0.4, -0.2) is 5.78 Å². The van der Waals surface area contributed by atoms with Crippen molar-refractivity contribution >= 4 is 27.4 Å². The Bertz CT molecular complexity index is 720. The summed E-state index contributed by atoms with van der Waals surface area (Å²) in [4.78, 5) is 11.6. The Balaban J connectivity index is 2.49. The van der Waals surface area contributed by atoms with Gasteiger partial charge in [0.2, 0.25) is 0 Å². The highest BCUT2D eigenvalue weighted by atomic mass is 79.9. The summed E-state index contributed by atoms with van der Waals surface area (Å²) in [6, 6.07) is 12.1. The van der Waals surface area contributed by atoms with Crippen molar-refractivity contribution in [3.63, 3.8) is 0 Å². The average molecular weight is 331 g/mol. The number of rotatable bonds is 3. The Kier molecular flexibility index (Phi) is 4.06. The second-order valence-corrected chi connectivity index (χ2v) is 4.99. The number of anilines is 1. The van der Waals surface area contributed by atoms with Crippen molar-refractivity contribution in [2.24, 2.45) is 0 Å². The van der Waals surface area contributed by atoms with E-state index in [0.717, 1.165) is 0 Å². The number of benzene rings is 2. The van der Waals surface area contributed by atoms with Crippen molar-refractivity contribution in [1.29, 1.82) is 5.26 Å². The van der Waals surface area contributed by atoms with E-state index in [-0.39, 0.29) is 5.78 Å². The number of nitrogens with zero attached hydrogens (tertiary/aromatic N) is 1. The molecule has 2 rings (SSSR count). The quantitative estimate of drug-likeness (QED) is 0.684. The van der Waals surface area contributed by atoms with Crippen LogP contribution in [0.25, 0.3) is 0 Å². The van der Waals surface area contributed by atoms with Gasteiger partial charge in [0.25, 0.3) is 0 Å². The van der Waals surface area contributed by atoms with Gasteiger partial charge in [-0.2, -0.15) is 5.26 Å². The maximum atomic E-state index is 11.6. The Labute approximate surface area is 124 Å². The minimum atomic E-state index is -0.152. The Hall–Kier alpha value is -2.32. The summed E-state index contributed by atoms with van der Waals surface area (Å²) in [5.74, 6) is 0.608. The van der Waals surface area contributed by atoms with Crippen LogP contribution in [0.3, 0.4) is 0 Å². The summed E-state index contributed by atoms with van der Waals surface area (Å²) >= 11 is 3.29. The minimum absolute atomic E-state index is 0.152. The minimum Gasteiger partial charge on any atom is -0.455 e. The number of hydrogen-bond donors (Lipinski definition) is 1. The lowest BCUT2D eigenvalue weighted by molar-refractivity contribution is 0.101. The third-order valence-corrected chi connectivity index (χ3v) is 3.35. The van der Waals surface area contributed by atoms with E-state index in [1.165, 1.54) is 6.92 Å². The zero-order valence-corrected chi connectivity index (χ0v) is 12.3. The molecule has 0 saturated heterocycles. The zero-order valence-electron chi connectivity index (χ0n) is 10.7. The second kappa shape index (κ2) is 5.76. The Morgan fingerprint density at radius 3 is 2.70 bits per heavy atom. The number of halogens is 1. The largest absolute Gasteiger partial charge is 0.455 e. The third kappa shape index (κ3) is 2.81. The normalized spacial score (nSPS) is 9.85. The number of nitriles is 1. The average Bonchev–Trinajstić information content (AvgIpc) is 2.41. The van der Waals surface area contributed by atoms with Crippen molar-refractivity contribution in [2.75, 3.05) is 5.73 Å². The van der Waals surface area contributed by atoms with Crippen LogP contribution in [0.4, 0.5) is 5.69 Å². The summed E-state index contributed by atoms with van der Waals surface area (Å²) in [5, 5.41) is 9.15. The number of carbonyl (C=O) groups is 1. The van der Waals surface area contributed by atoms with Gasteiger partial charge >= 0.3 is 0 Å². The van der Waals surface area contributed by atoms with Gasteiger partial charge in [0.05, 0.1) is 5.56 Å². The molecule has 20 heavy (non-hydrogen) atoms. The van der Waals surface area contributed by atoms with E-state index >= 15 is 0 Å². The number of nitrogens with two attached hydrogens (primary N) is 1. The van der Waals surface area contributed by atoms with Crippen molar-refractivity contribution in [3.05, 3.63) is 52.0 Å². The van der Waals surface area contributed by atoms with Crippen molar-refractivity contribution < 1.29 is 9.53 Å². The van der Waals surface area contributed by atoms with Crippen LogP contribution in [0.5, 0.6) is 11.5 Å². The van der Waals surface area contributed by atoms with Crippen LogP contribution >= 0.6 is 15.9 Å². The van der Waals surface area contributed by atoms with Crippen molar-refractivity contribution in [3.8, 4) is 17.6 Å². The first-order chi connectivity index (χ1) is 9.52. The number of ketones is 1. The number of carbonyl (C=O) groups excluding carboxylic acids is 1. The highest BCUT2D eigenvalue weighted by Gasteiger charge is 2.13. The van der Waals surface area contributed by atoms with E-state index in [0.29, 0.717) is 32.8 Å². The highest BCUT2D eigenvalue weighted by molar-refractivity contribution is 9.10. The maximum absolute atomic E-state index is 11.6. The molecule has 0 amide bonds. The molecule has 0 atom stereocenters. The van der Waals surface area contributed by atoms with E-state index in [1.807, 2.05) is 0 Å². The van der Waals surface area contributed by atoms with E-state index < -0.39 is 0 Å². The molecule has 0 aliphatic heterocycles. The Morgan fingerprint density at radius 2 is 2.05 bits per heavy atom. The molecule has 0 aliphatic carbocycles. The molecule has 100 valence electrons. The van der Waals surface area contributed by atoms with Gasteiger partial charge in [0.15, 0.2) is 5.78 Å². The van der Waals surface area contributed by atoms with Gasteiger partial charge in [0, 0.05) is 10.2 Å². The number of hydrogen-bond acceptors (Lipinski definition) is 4. The van der Waals surface area contributed by atoms with Gasteiger partial charge in [0.1, 0.15) is 23.1 Å². The molecule has 2 N–H and O–H groups in total. The molecule has 0 aromatic heterocycles. The molecule has 2 aromatic carbocycles. The molecule has 0 saturated carbocycles. The number of Topliss-reactive ketones (excluding diaryl/α,β-unsaturated/α-hetero) is 1. The zero-order chi connectivity index (χ0) is 14.7. The van der Waals surface area contributed by atoms with Crippen LogP contribution in [-0.2, 0) is 0 Å². The molecule has 5 heteroatoms. The molecule has 2 aromatic rings. The molecule has 4 nitrogen and oxygen atoms in total. The van der Waals surface area contributed by atoms with Gasteiger partial charge in [-0.3, -0.25) is 4.79 Å². The SMILES string of the molecule is CC(=O)c1cc(N)ccc1Oc1cccc(Br)c1C#N. The summed E-state index contributed by atoms with van der Waals surface area (Å²) in [7, 11) is 0. The summed E-state index contributed by atoms with van der Waals surface area (Å²) in [6.45, 7) is 1.44. The van der Waals surface area contributed by atoms with Gasteiger partial charge in [-0.05, 0) is 53.2 Å². The topological polar surface area (TPSA) is 76.1 Å². The van der Waals surface area contributed by atoms with Gasteiger partial charge in [-0.25, -0.2) is 0 Å².